The van der Waals surface area contributed by atoms with Gasteiger partial charge in [-0.1, -0.05) is 31.2 Å². The Kier molecular flexibility index (Phi) is 6.95. The molecule has 4 nitrogen and oxygen atoms in total. The quantitative estimate of drug-likeness (QED) is 0.595. The molecule has 1 atom stereocenters. The molecule has 0 bridgehead atoms. The number of thiophene rings is 1. The SMILES string of the molecule is CCNC(=NCC(C)c1cccs1)NC1CCN(c2ccccc2)CC1. The summed E-state index contributed by atoms with van der Waals surface area (Å²) < 4.78 is 0. The van der Waals surface area contributed by atoms with E-state index < -0.39 is 0 Å². The molecule has 1 aliphatic heterocycles. The summed E-state index contributed by atoms with van der Waals surface area (Å²) in [6.07, 6.45) is 2.28. The molecular weight excluding hydrogens is 340 g/mol. The van der Waals surface area contributed by atoms with Gasteiger partial charge in [0.15, 0.2) is 5.96 Å². The predicted molar refractivity (Wildman–Crippen MR) is 114 cm³/mol. The number of piperidine rings is 1. The minimum Gasteiger partial charge on any atom is -0.371 e. The normalized spacial score (nSPS) is 17.2. The Morgan fingerprint density at radius 1 is 1.19 bits per heavy atom. The lowest BCUT2D eigenvalue weighted by atomic mass is 10.0. The van der Waals surface area contributed by atoms with Gasteiger partial charge in [-0.2, -0.15) is 0 Å². The first-order valence-electron chi connectivity index (χ1n) is 9.64. The van der Waals surface area contributed by atoms with Gasteiger partial charge in [-0.25, -0.2) is 0 Å². The van der Waals surface area contributed by atoms with Crippen molar-refractivity contribution in [2.45, 2.75) is 38.6 Å². The Morgan fingerprint density at radius 2 is 1.96 bits per heavy atom. The summed E-state index contributed by atoms with van der Waals surface area (Å²) in [6, 6.07) is 15.5. The number of nitrogens with zero attached hydrogens (tertiary/aromatic N) is 2. The lowest BCUT2D eigenvalue weighted by Crippen LogP contribution is -2.48. The summed E-state index contributed by atoms with van der Waals surface area (Å²) in [5, 5.41) is 9.19. The summed E-state index contributed by atoms with van der Waals surface area (Å²) in [6.45, 7) is 8.26. The molecule has 1 aliphatic rings. The van der Waals surface area contributed by atoms with Crippen LogP contribution < -0.4 is 15.5 Å². The monoisotopic (exact) mass is 370 g/mol. The minimum absolute atomic E-state index is 0.463. The third-order valence-corrected chi connectivity index (χ3v) is 5.96. The molecular formula is C21H30N4S. The van der Waals surface area contributed by atoms with E-state index in [4.69, 9.17) is 4.99 Å². The highest BCUT2D eigenvalue weighted by Crippen LogP contribution is 2.21. The molecule has 0 saturated carbocycles. The maximum absolute atomic E-state index is 4.83. The summed E-state index contributed by atoms with van der Waals surface area (Å²) in [4.78, 5) is 8.70. The molecule has 0 radical (unpaired) electrons. The molecule has 2 N–H and O–H groups in total. The summed E-state index contributed by atoms with van der Waals surface area (Å²) in [5.74, 6) is 1.42. The van der Waals surface area contributed by atoms with Crippen LogP contribution in [0.1, 0.15) is 37.5 Å². The molecule has 1 unspecified atom stereocenters. The van der Waals surface area contributed by atoms with E-state index in [2.05, 4.69) is 77.2 Å². The fraction of sp³-hybridized carbons (Fsp3) is 0.476. The van der Waals surface area contributed by atoms with Crippen LogP contribution in [-0.2, 0) is 0 Å². The van der Waals surface area contributed by atoms with E-state index in [0.29, 0.717) is 12.0 Å². The highest BCUT2D eigenvalue weighted by Gasteiger charge is 2.20. The van der Waals surface area contributed by atoms with Crippen molar-refractivity contribution in [2.75, 3.05) is 31.1 Å². The van der Waals surface area contributed by atoms with Crippen molar-refractivity contribution in [1.82, 2.24) is 10.6 Å². The maximum Gasteiger partial charge on any atom is 0.191 e. The third kappa shape index (κ3) is 5.24. The van der Waals surface area contributed by atoms with Crippen molar-refractivity contribution in [1.29, 1.82) is 0 Å². The average Bonchev–Trinajstić information content (AvgIpc) is 3.22. The Balaban J connectivity index is 1.51. The van der Waals surface area contributed by atoms with Crippen molar-refractivity contribution in [3.63, 3.8) is 0 Å². The van der Waals surface area contributed by atoms with Gasteiger partial charge in [0.25, 0.3) is 0 Å². The largest absolute Gasteiger partial charge is 0.371 e. The second-order valence-electron chi connectivity index (χ2n) is 6.88. The van der Waals surface area contributed by atoms with Crippen LogP contribution in [0, 0.1) is 0 Å². The van der Waals surface area contributed by atoms with Crippen molar-refractivity contribution in [2.24, 2.45) is 4.99 Å². The van der Waals surface area contributed by atoms with Gasteiger partial charge in [-0.05, 0) is 43.3 Å². The van der Waals surface area contributed by atoms with Gasteiger partial charge in [-0.15, -0.1) is 11.3 Å². The van der Waals surface area contributed by atoms with Gasteiger partial charge in [0.05, 0.1) is 6.54 Å². The van der Waals surface area contributed by atoms with Gasteiger partial charge in [0, 0.05) is 42.2 Å². The van der Waals surface area contributed by atoms with Gasteiger partial charge >= 0.3 is 0 Å². The maximum atomic E-state index is 4.83. The molecule has 1 fully saturated rings. The van der Waals surface area contributed by atoms with Crippen LogP contribution in [0.5, 0.6) is 0 Å². The molecule has 1 aromatic carbocycles. The number of benzene rings is 1. The fourth-order valence-corrected chi connectivity index (χ4v) is 4.10. The van der Waals surface area contributed by atoms with Gasteiger partial charge in [-0.3, -0.25) is 4.99 Å². The smallest absolute Gasteiger partial charge is 0.191 e. The predicted octanol–water partition coefficient (Wildman–Crippen LogP) is 4.08. The van der Waals surface area contributed by atoms with Gasteiger partial charge in [0.2, 0.25) is 0 Å². The van der Waals surface area contributed by atoms with Crippen LogP contribution in [0.3, 0.4) is 0 Å². The fourth-order valence-electron chi connectivity index (χ4n) is 3.32. The molecule has 0 amide bonds. The van der Waals surface area contributed by atoms with E-state index >= 15 is 0 Å². The first-order chi connectivity index (χ1) is 12.8. The van der Waals surface area contributed by atoms with Crippen LogP contribution in [0.25, 0.3) is 0 Å². The number of guanidine groups is 1. The molecule has 0 spiro atoms. The van der Waals surface area contributed by atoms with Crippen LogP contribution in [0.4, 0.5) is 5.69 Å². The summed E-state index contributed by atoms with van der Waals surface area (Å²) in [7, 11) is 0. The standard InChI is InChI=1S/C21H30N4S/c1-3-22-21(23-16-17(2)20-10-7-15-26-20)24-18-11-13-25(14-12-18)19-8-5-4-6-9-19/h4-10,15,17-18H,3,11-14,16H2,1-2H3,(H2,22,23,24). The lowest BCUT2D eigenvalue weighted by Gasteiger charge is -2.34. The second-order valence-corrected chi connectivity index (χ2v) is 7.86. The zero-order chi connectivity index (χ0) is 18.2. The first kappa shape index (κ1) is 18.8. The molecule has 2 heterocycles. The minimum atomic E-state index is 0.463. The van der Waals surface area contributed by atoms with Crippen molar-refractivity contribution < 1.29 is 0 Å². The Bertz CT molecular complexity index is 661. The number of para-hydroxylation sites is 1. The number of anilines is 1. The molecule has 1 saturated heterocycles. The van der Waals surface area contributed by atoms with E-state index in [1.165, 1.54) is 10.6 Å². The zero-order valence-electron chi connectivity index (χ0n) is 15.8. The Morgan fingerprint density at radius 3 is 2.62 bits per heavy atom. The van der Waals surface area contributed by atoms with Crippen molar-refractivity contribution in [3.8, 4) is 0 Å². The molecule has 140 valence electrons. The number of aliphatic imine (C=N–C) groups is 1. The second kappa shape index (κ2) is 9.62. The van der Waals surface area contributed by atoms with E-state index in [-0.39, 0.29) is 0 Å². The number of hydrogen-bond acceptors (Lipinski definition) is 3. The number of rotatable bonds is 6. The van der Waals surface area contributed by atoms with Crippen molar-refractivity contribution in [3.05, 3.63) is 52.7 Å². The number of nitrogens with one attached hydrogen (secondary N) is 2. The van der Waals surface area contributed by atoms with E-state index in [1.807, 2.05) is 11.3 Å². The topological polar surface area (TPSA) is 39.7 Å². The zero-order valence-corrected chi connectivity index (χ0v) is 16.6. The Labute approximate surface area is 161 Å². The molecule has 1 aromatic heterocycles. The highest BCUT2D eigenvalue weighted by molar-refractivity contribution is 7.10. The number of hydrogen-bond donors (Lipinski definition) is 2. The summed E-state index contributed by atoms with van der Waals surface area (Å²) in [5.41, 5.74) is 1.33. The van der Waals surface area contributed by atoms with Crippen LogP contribution in [-0.4, -0.2) is 38.2 Å². The van der Waals surface area contributed by atoms with Crippen LogP contribution in [0.15, 0.2) is 52.8 Å². The summed E-state index contributed by atoms with van der Waals surface area (Å²) >= 11 is 1.81. The molecule has 5 heteroatoms. The molecule has 26 heavy (non-hydrogen) atoms. The average molecular weight is 371 g/mol. The highest BCUT2D eigenvalue weighted by atomic mass is 32.1. The van der Waals surface area contributed by atoms with Gasteiger partial charge in [0.1, 0.15) is 0 Å². The van der Waals surface area contributed by atoms with E-state index in [1.54, 1.807) is 0 Å². The van der Waals surface area contributed by atoms with Crippen LogP contribution >= 0.6 is 11.3 Å². The molecule has 0 aliphatic carbocycles. The molecule has 3 rings (SSSR count). The van der Waals surface area contributed by atoms with E-state index in [0.717, 1.165) is 45.0 Å². The molecule has 2 aromatic rings. The first-order valence-corrected chi connectivity index (χ1v) is 10.5. The Hall–Kier alpha value is -2.01. The van der Waals surface area contributed by atoms with Crippen molar-refractivity contribution >= 4 is 23.0 Å². The van der Waals surface area contributed by atoms with E-state index in [9.17, 15) is 0 Å². The van der Waals surface area contributed by atoms with Crippen LogP contribution in [0.2, 0.25) is 0 Å². The third-order valence-electron chi connectivity index (χ3n) is 4.85. The lowest BCUT2D eigenvalue weighted by molar-refractivity contribution is 0.461. The van der Waals surface area contributed by atoms with Gasteiger partial charge < -0.3 is 15.5 Å².